The van der Waals surface area contributed by atoms with E-state index in [2.05, 4.69) is 4.98 Å². The van der Waals surface area contributed by atoms with Crippen molar-refractivity contribution in [3.8, 4) is 0 Å². The zero-order valence-electron chi connectivity index (χ0n) is 9.76. The number of anilines is 1. The van der Waals surface area contributed by atoms with Crippen LogP contribution in [0.5, 0.6) is 0 Å². The highest BCUT2D eigenvalue weighted by atomic mass is 16.3. The van der Waals surface area contributed by atoms with E-state index in [0.29, 0.717) is 19.4 Å². The number of aliphatic hydroxyl groups is 1. The van der Waals surface area contributed by atoms with Gasteiger partial charge < -0.3 is 10.0 Å². The lowest BCUT2D eigenvalue weighted by atomic mass is 10.2. The number of carbonyl (C=O) groups excluding carboxylic acids is 1. The molecular weight excluding hydrogens is 204 g/mol. The smallest absolute Gasteiger partial charge is 0.227 e. The summed E-state index contributed by atoms with van der Waals surface area (Å²) in [5.41, 5.74) is 0.855. The molecule has 16 heavy (non-hydrogen) atoms. The Labute approximate surface area is 95.9 Å². The van der Waals surface area contributed by atoms with Crippen LogP contribution in [0.4, 0.5) is 5.69 Å². The quantitative estimate of drug-likeness (QED) is 0.823. The molecule has 1 atom stereocenters. The van der Waals surface area contributed by atoms with Crippen LogP contribution in [0.3, 0.4) is 0 Å². The van der Waals surface area contributed by atoms with E-state index >= 15 is 0 Å². The van der Waals surface area contributed by atoms with Crippen LogP contribution in [0.2, 0.25) is 0 Å². The summed E-state index contributed by atoms with van der Waals surface area (Å²) < 4.78 is 0. The predicted molar refractivity (Wildman–Crippen MR) is 63.2 cm³/mol. The topological polar surface area (TPSA) is 53.4 Å². The van der Waals surface area contributed by atoms with Crippen molar-refractivity contribution in [2.45, 2.75) is 32.8 Å². The SMILES string of the molecule is CCN(C(=O)CCC(C)O)c1ccncc1. The first-order valence-corrected chi connectivity index (χ1v) is 5.53. The van der Waals surface area contributed by atoms with Crippen molar-refractivity contribution < 1.29 is 9.90 Å². The second-order valence-corrected chi connectivity index (χ2v) is 3.73. The highest BCUT2D eigenvalue weighted by molar-refractivity contribution is 5.93. The summed E-state index contributed by atoms with van der Waals surface area (Å²) in [7, 11) is 0. The number of aliphatic hydroxyl groups excluding tert-OH is 1. The van der Waals surface area contributed by atoms with Crippen LogP contribution in [0.15, 0.2) is 24.5 Å². The van der Waals surface area contributed by atoms with Gasteiger partial charge in [-0.05, 0) is 32.4 Å². The zero-order chi connectivity index (χ0) is 12.0. The Hall–Kier alpha value is -1.42. The van der Waals surface area contributed by atoms with Crippen LogP contribution < -0.4 is 4.90 Å². The molecular formula is C12H18N2O2. The van der Waals surface area contributed by atoms with Gasteiger partial charge in [0.25, 0.3) is 0 Å². The number of rotatable bonds is 5. The molecule has 0 aliphatic carbocycles. The van der Waals surface area contributed by atoms with Crippen LogP contribution in [0.1, 0.15) is 26.7 Å². The molecule has 0 spiro atoms. The summed E-state index contributed by atoms with van der Waals surface area (Å²) in [6.45, 7) is 4.25. The second-order valence-electron chi connectivity index (χ2n) is 3.73. The highest BCUT2D eigenvalue weighted by Crippen LogP contribution is 2.14. The van der Waals surface area contributed by atoms with Gasteiger partial charge in [-0.3, -0.25) is 9.78 Å². The number of amides is 1. The Kier molecular flexibility index (Phi) is 4.92. The molecule has 1 unspecified atom stereocenters. The first-order chi connectivity index (χ1) is 7.65. The fourth-order valence-corrected chi connectivity index (χ4v) is 1.49. The summed E-state index contributed by atoms with van der Waals surface area (Å²) >= 11 is 0. The van der Waals surface area contributed by atoms with Gasteiger partial charge in [-0.25, -0.2) is 0 Å². The molecule has 0 radical (unpaired) electrons. The van der Waals surface area contributed by atoms with Gasteiger partial charge in [-0.2, -0.15) is 0 Å². The maximum absolute atomic E-state index is 11.9. The van der Waals surface area contributed by atoms with Crippen molar-refractivity contribution in [3.05, 3.63) is 24.5 Å². The van der Waals surface area contributed by atoms with E-state index in [1.165, 1.54) is 0 Å². The fraction of sp³-hybridized carbons (Fsp3) is 0.500. The fourth-order valence-electron chi connectivity index (χ4n) is 1.49. The molecule has 0 bridgehead atoms. The molecule has 1 aromatic heterocycles. The molecule has 1 aromatic rings. The summed E-state index contributed by atoms with van der Waals surface area (Å²) in [6.07, 6.45) is 3.77. The normalized spacial score (nSPS) is 12.2. The molecule has 1 heterocycles. The van der Waals surface area contributed by atoms with E-state index in [1.54, 1.807) is 24.2 Å². The van der Waals surface area contributed by atoms with Crippen molar-refractivity contribution in [2.75, 3.05) is 11.4 Å². The Morgan fingerprint density at radius 3 is 2.62 bits per heavy atom. The molecule has 0 fully saturated rings. The van der Waals surface area contributed by atoms with Crippen molar-refractivity contribution >= 4 is 11.6 Å². The van der Waals surface area contributed by atoms with Gasteiger partial charge in [-0.1, -0.05) is 0 Å². The molecule has 1 rings (SSSR count). The minimum absolute atomic E-state index is 0.0367. The third kappa shape index (κ3) is 3.62. The lowest BCUT2D eigenvalue weighted by Crippen LogP contribution is -2.30. The molecule has 0 saturated heterocycles. The first kappa shape index (κ1) is 12.6. The number of aromatic nitrogens is 1. The van der Waals surface area contributed by atoms with Crippen LogP contribution in [-0.4, -0.2) is 28.6 Å². The largest absolute Gasteiger partial charge is 0.393 e. The van der Waals surface area contributed by atoms with E-state index in [9.17, 15) is 4.79 Å². The van der Waals surface area contributed by atoms with Crippen LogP contribution >= 0.6 is 0 Å². The van der Waals surface area contributed by atoms with E-state index in [-0.39, 0.29) is 5.91 Å². The van der Waals surface area contributed by atoms with E-state index in [1.807, 2.05) is 19.1 Å². The Balaban J connectivity index is 2.64. The van der Waals surface area contributed by atoms with Gasteiger partial charge in [0, 0.05) is 31.0 Å². The van der Waals surface area contributed by atoms with Crippen molar-refractivity contribution in [3.63, 3.8) is 0 Å². The van der Waals surface area contributed by atoms with Gasteiger partial charge in [0.05, 0.1) is 6.10 Å². The molecule has 0 aliphatic heterocycles. The monoisotopic (exact) mass is 222 g/mol. The van der Waals surface area contributed by atoms with Crippen molar-refractivity contribution in [1.82, 2.24) is 4.98 Å². The van der Waals surface area contributed by atoms with Crippen LogP contribution in [0, 0.1) is 0 Å². The standard InChI is InChI=1S/C12H18N2O2/c1-3-14(11-6-8-13-9-7-11)12(16)5-4-10(2)15/h6-10,15H,3-5H2,1-2H3. The van der Waals surface area contributed by atoms with Gasteiger partial charge in [0.15, 0.2) is 0 Å². The summed E-state index contributed by atoms with van der Waals surface area (Å²) in [5, 5.41) is 9.15. The molecule has 0 aromatic carbocycles. The predicted octanol–water partition coefficient (Wildman–Crippen LogP) is 1.60. The molecule has 4 heteroatoms. The van der Waals surface area contributed by atoms with Gasteiger partial charge in [-0.15, -0.1) is 0 Å². The number of pyridine rings is 1. The second kappa shape index (κ2) is 6.23. The lowest BCUT2D eigenvalue weighted by Gasteiger charge is -2.21. The molecule has 88 valence electrons. The van der Waals surface area contributed by atoms with E-state index < -0.39 is 6.10 Å². The lowest BCUT2D eigenvalue weighted by molar-refractivity contribution is -0.119. The third-order valence-electron chi connectivity index (χ3n) is 2.37. The van der Waals surface area contributed by atoms with Gasteiger partial charge in [0.2, 0.25) is 5.91 Å². The first-order valence-electron chi connectivity index (χ1n) is 5.53. The van der Waals surface area contributed by atoms with Gasteiger partial charge >= 0.3 is 0 Å². The summed E-state index contributed by atoms with van der Waals surface area (Å²) in [5.74, 6) is 0.0367. The minimum Gasteiger partial charge on any atom is -0.393 e. The Morgan fingerprint density at radius 2 is 2.12 bits per heavy atom. The maximum Gasteiger partial charge on any atom is 0.227 e. The molecule has 1 N–H and O–H groups in total. The third-order valence-corrected chi connectivity index (χ3v) is 2.37. The molecule has 1 amide bonds. The van der Waals surface area contributed by atoms with Crippen LogP contribution in [-0.2, 0) is 4.79 Å². The highest BCUT2D eigenvalue weighted by Gasteiger charge is 2.13. The number of nitrogens with zero attached hydrogens (tertiary/aromatic N) is 2. The Morgan fingerprint density at radius 1 is 1.50 bits per heavy atom. The van der Waals surface area contributed by atoms with Crippen molar-refractivity contribution in [1.29, 1.82) is 0 Å². The van der Waals surface area contributed by atoms with Crippen molar-refractivity contribution in [2.24, 2.45) is 0 Å². The minimum atomic E-state index is -0.430. The average molecular weight is 222 g/mol. The molecule has 0 saturated carbocycles. The van der Waals surface area contributed by atoms with E-state index in [4.69, 9.17) is 5.11 Å². The molecule has 0 aliphatic rings. The Bertz CT molecular complexity index is 325. The number of hydrogen-bond acceptors (Lipinski definition) is 3. The average Bonchev–Trinajstić information content (AvgIpc) is 2.29. The number of hydrogen-bond donors (Lipinski definition) is 1. The van der Waals surface area contributed by atoms with E-state index in [0.717, 1.165) is 5.69 Å². The van der Waals surface area contributed by atoms with Crippen LogP contribution in [0.25, 0.3) is 0 Å². The van der Waals surface area contributed by atoms with Gasteiger partial charge in [0.1, 0.15) is 0 Å². The summed E-state index contributed by atoms with van der Waals surface area (Å²) in [4.78, 5) is 17.5. The molecule has 4 nitrogen and oxygen atoms in total. The number of carbonyl (C=O) groups is 1. The maximum atomic E-state index is 11.9. The zero-order valence-corrected chi connectivity index (χ0v) is 9.76. The summed E-state index contributed by atoms with van der Waals surface area (Å²) in [6, 6.07) is 3.62.